The van der Waals surface area contributed by atoms with E-state index in [9.17, 15) is 23.1 Å². The van der Waals surface area contributed by atoms with E-state index in [0.717, 1.165) is 61.6 Å². The van der Waals surface area contributed by atoms with Gasteiger partial charge in [-0.05, 0) is 62.6 Å². The van der Waals surface area contributed by atoms with Crippen molar-refractivity contribution in [1.82, 2.24) is 14.8 Å². The number of hydrogen-bond donors (Lipinski definition) is 2. The third-order valence-electron chi connectivity index (χ3n) is 6.41. The number of benzene rings is 1. The zero-order valence-electron chi connectivity index (χ0n) is 18.4. The maximum absolute atomic E-state index is 13.0. The zero-order chi connectivity index (χ0) is 23.9. The van der Waals surface area contributed by atoms with Gasteiger partial charge in [0.25, 0.3) is 5.91 Å². The summed E-state index contributed by atoms with van der Waals surface area (Å²) in [7, 11) is 0. The summed E-state index contributed by atoms with van der Waals surface area (Å²) in [6, 6.07) is 6.96. The number of carbonyl (C=O) groups is 1. The number of hydrogen-bond acceptors (Lipinski definition) is 5. The quantitative estimate of drug-likeness (QED) is 0.527. The molecule has 0 unspecified atom stereocenters. The SMILES string of the molecule is O=C(Nc1cc2cn(C3CCC(CO)CC3)nc2cc1OC1CC1)c1cccc(C(F)(F)F)n1. The molecule has 2 aromatic heterocycles. The second kappa shape index (κ2) is 8.90. The Morgan fingerprint density at radius 2 is 1.91 bits per heavy atom. The Labute approximate surface area is 193 Å². The van der Waals surface area contributed by atoms with Crippen LogP contribution in [-0.4, -0.2) is 38.5 Å². The van der Waals surface area contributed by atoms with E-state index in [2.05, 4.69) is 10.3 Å². The van der Waals surface area contributed by atoms with Crippen LogP contribution in [0, 0.1) is 5.92 Å². The minimum absolute atomic E-state index is 0.0515. The molecule has 180 valence electrons. The molecule has 7 nitrogen and oxygen atoms in total. The Morgan fingerprint density at radius 1 is 1.15 bits per heavy atom. The number of carbonyl (C=O) groups excluding carboxylic acids is 1. The second-order valence-electron chi connectivity index (χ2n) is 9.05. The molecule has 2 fully saturated rings. The molecule has 5 rings (SSSR count). The van der Waals surface area contributed by atoms with E-state index in [4.69, 9.17) is 9.84 Å². The van der Waals surface area contributed by atoms with Crippen molar-refractivity contribution in [2.24, 2.45) is 5.92 Å². The van der Waals surface area contributed by atoms with Crippen LogP contribution in [0.2, 0.25) is 0 Å². The Bertz CT molecular complexity index is 1200. The van der Waals surface area contributed by atoms with Crippen molar-refractivity contribution in [3.63, 3.8) is 0 Å². The molecule has 0 saturated heterocycles. The van der Waals surface area contributed by atoms with Gasteiger partial charge in [0, 0.05) is 24.3 Å². The Kier molecular flexibility index (Phi) is 5.93. The summed E-state index contributed by atoms with van der Waals surface area (Å²) < 4.78 is 46.9. The molecule has 10 heteroatoms. The van der Waals surface area contributed by atoms with Gasteiger partial charge in [0.15, 0.2) is 0 Å². The van der Waals surface area contributed by atoms with Gasteiger partial charge >= 0.3 is 6.18 Å². The Morgan fingerprint density at radius 3 is 2.59 bits per heavy atom. The van der Waals surface area contributed by atoms with Gasteiger partial charge in [0.1, 0.15) is 17.1 Å². The van der Waals surface area contributed by atoms with Gasteiger partial charge in [-0.2, -0.15) is 18.3 Å². The van der Waals surface area contributed by atoms with Crippen molar-refractivity contribution in [2.75, 3.05) is 11.9 Å². The molecule has 2 aliphatic rings. The van der Waals surface area contributed by atoms with E-state index in [1.54, 1.807) is 12.1 Å². The maximum atomic E-state index is 13.0. The van der Waals surface area contributed by atoms with Gasteiger partial charge in [0.05, 0.1) is 23.3 Å². The van der Waals surface area contributed by atoms with Gasteiger partial charge in [-0.1, -0.05) is 6.07 Å². The molecule has 34 heavy (non-hydrogen) atoms. The minimum atomic E-state index is -4.64. The van der Waals surface area contributed by atoms with Crippen molar-refractivity contribution in [1.29, 1.82) is 0 Å². The van der Waals surface area contributed by atoms with E-state index in [1.165, 1.54) is 6.07 Å². The van der Waals surface area contributed by atoms with Crippen LogP contribution in [-0.2, 0) is 6.18 Å². The fourth-order valence-electron chi connectivity index (χ4n) is 4.32. The van der Waals surface area contributed by atoms with Gasteiger partial charge < -0.3 is 15.2 Å². The lowest BCUT2D eigenvalue weighted by molar-refractivity contribution is -0.141. The molecule has 0 atom stereocenters. The highest BCUT2D eigenvalue weighted by atomic mass is 19.4. The average molecular weight is 474 g/mol. The summed E-state index contributed by atoms with van der Waals surface area (Å²) in [6.45, 7) is 0.208. The van der Waals surface area contributed by atoms with Gasteiger partial charge in [-0.3, -0.25) is 9.48 Å². The summed E-state index contributed by atoms with van der Waals surface area (Å²) >= 11 is 0. The summed E-state index contributed by atoms with van der Waals surface area (Å²) in [5.74, 6) is 0.0245. The van der Waals surface area contributed by atoms with Gasteiger partial charge in [-0.15, -0.1) is 0 Å². The van der Waals surface area contributed by atoms with E-state index in [1.807, 2.05) is 10.9 Å². The number of anilines is 1. The largest absolute Gasteiger partial charge is 0.488 e. The topological polar surface area (TPSA) is 89.3 Å². The van der Waals surface area contributed by atoms with Crippen molar-refractivity contribution >= 4 is 22.5 Å². The molecular formula is C24H25F3N4O3. The van der Waals surface area contributed by atoms with Crippen LogP contribution in [0.1, 0.15) is 60.7 Å². The molecule has 0 radical (unpaired) electrons. The molecule has 1 aromatic carbocycles. The number of halogens is 3. The highest BCUT2D eigenvalue weighted by Gasteiger charge is 2.33. The van der Waals surface area contributed by atoms with E-state index >= 15 is 0 Å². The van der Waals surface area contributed by atoms with Crippen molar-refractivity contribution in [3.8, 4) is 5.75 Å². The van der Waals surface area contributed by atoms with E-state index in [0.29, 0.717) is 17.4 Å². The first kappa shape index (κ1) is 22.6. The van der Waals surface area contributed by atoms with Crippen LogP contribution in [0.4, 0.5) is 18.9 Å². The number of aliphatic hydroxyl groups is 1. The predicted octanol–water partition coefficient (Wildman–Crippen LogP) is 4.97. The number of pyridine rings is 1. The lowest BCUT2D eigenvalue weighted by atomic mass is 9.87. The van der Waals surface area contributed by atoms with Crippen LogP contribution >= 0.6 is 0 Å². The molecule has 0 spiro atoms. The third kappa shape index (κ3) is 4.86. The lowest BCUT2D eigenvalue weighted by Crippen LogP contribution is -2.20. The first-order chi connectivity index (χ1) is 16.3. The van der Waals surface area contributed by atoms with E-state index in [-0.39, 0.29) is 24.4 Å². The first-order valence-electron chi connectivity index (χ1n) is 11.5. The van der Waals surface area contributed by atoms with Crippen molar-refractivity contribution in [3.05, 3.63) is 47.9 Å². The summed E-state index contributed by atoms with van der Waals surface area (Å²) in [4.78, 5) is 16.2. The van der Waals surface area contributed by atoms with Crippen molar-refractivity contribution in [2.45, 2.75) is 56.8 Å². The number of alkyl halides is 3. The molecule has 1 amide bonds. The maximum Gasteiger partial charge on any atom is 0.433 e. The number of aliphatic hydroxyl groups excluding tert-OH is 1. The van der Waals surface area contributed by atoms with Crippen molar-refractivity contribution < 1.29 is 27.8 Å². The van der Waals surface area contributed by atoms with Crippen LogP contribution in [0.3, 0.4) is 0 Å². The van der Waals surface area contributed by atoms with Gasteiger partial charge in [0.2, 0.25) is 0 Å². The normalized spacial score (nSPS) is 20.9. The molecule has 2 N–H and O–H groups in total. The first-order valence-corrected chi connectivity index (χ1v) is 11.5. The summed E-state index contributed by atoms with van der Waals surface area (Å²) in [5.41, 5.74) is -0.367. The number of ether oxygens (including phenoxy) is 1. The molecule has 0 bridgehead atoms. The highest BCUT2D eigenvalue weighted by Crippen LogP contribution is 2.37. The summed E-state index contributed by atoms with van der Waals surface area (Å²) in [5, 5.41) is 17.6. The highest BCUT2D eigenvalue weighted by molar-refractivity contribution is 6.05. The second-order valence-corrected chi connectivity index (χ2v) is 9.05. The molecule has 0 aliphatic heterocycles. The number of fused-ring (bicyclic) bond motifs is 1. The molecular weight excluding hydrogens is 449 g/mol. The zero-order valence-corrected chi connectivity index (χ0v) is 18.4. The number of amides is 1. The standard InChI is InChI=1S/C24H25F3N4O3/c25-24(26,27)22-3-1-2-18(28-22)23(33)29-20-10-15-12-31(16-6-4-14(13-32)5-7-16)30-19(15)11-21(20)34-17-8-9-17/h1-3,10-12,14,16-17,32H,4-9,13H2,(H,29,33). The summed E-state index contributed by atoms with van der Waals surface area (Å²) in [6.07, 6.45) is 2.88. The van der Waals surface area contributed by atoms with E-state index < -0.39 is 17.8 Å². The van der Waals surface area contributed by atoms with Crippen LogP contribution in [0.25, 0.3) is 10.9 Å². The fraction of sp³-hybridized carbons (Fsp3) is 0.458. The van der Waals surface area contributed by atoms with Crippen LogP contribution < -0.4 is 10.1 Å². The number of rotatable bonds is 6. The number of nitrogens with one attached hydrogen (secondary N) is 1. The molecule has 2 saturated carbocycles. The predicted molar refractivity (Wildman–Crippen MR) is 119 cm³/mol. The molecule has 3 aromatic rings. The number of aromatic nitrogens is 3. The van der Waals surface area contributed by atoms with Crippen LogP contribution in [0.5, 0.6) is 5.75 Å². The Balaban J connectivity index is 1.42. The Hall–Kier alpha value is -3.14. The monoisotopic (exact) mass is 474 g/mol. The smallest absolute Gasteiger partial charge is 0.433 e. The third-order valence-corrected chi connectivity index (χ3v) is 6.41. The molecule has 2 heterocycles. The number of nitrogens with zero attached hydrogens (tertiary/aromatic N) is 3. The minimum Gasteiger partial charge on any atom is -0.488 e. The lowest BCUT2D eigenvalue weighted by Gasteiger charge is -2.27. The average Bonchev–Trinajstić information content (AvgIpc) is 3.55. The van der Waals surface area contributed by atoms with Gasteiger partial charge in [-0.25, -0.2) is 4.98 Å². The fourth-order valence-corrected chi connectivity index (χ4v) is 4.32. The molecule has 2 aliphatic carbocycles. The van der Waals surface area contributed by atoms with Crippen LogP contribution in [0.15, 0.2) is 36.5 Å².